The van der Waals surface area contributed by atoms with E-state index < -0.39 is 0 Å². The fourth-order valence-electron chi connectivity index (χ4n) is 1.03. The van der Waals surface area contributed by atoms with Gasteiger partial charge in [0.25, 0.3) is 0 Å². The molecule has 15 heavy (non-hydrogen) atoms. The lowest BCUT2D eigenvalue weighted by Crippen LogP contribution is -2.40. The Kier molecular flexibility index (Phi) is 8.89. The van der Waals surface area contributed by atoms with Crippen LogP contribution in [0.15, 0.2) is 0 Å². The van der Waals surface area contributed by atoms with Gasteiger partial charge in [0.05, 0.1) is 17.6 Å². The normalized spacial score (nSPS) is 13.1. The quantitative estimate of drug-likeness (QED) is 0.469. The van der Waals surface area contributed by atoms with Crippen molar-refractivity contribution in [2.45, 2.75) is 19.4 Å². The van der Waals surface area contributed by atoms with E-state index in [1.54, 1.807) is 7.11 Å². The first kappa shape index (κ1) is 14.8. The van der Waals surface area contributed by atoms with Gasteiger partial charge in [-0.3, -0.25) is 4.90 Å². The highest BCUT2D eigenvalue weighted by Gasteiger charge is 2.10. The Morgan fingerprint density at radius 1 is 1.40 bits per heavy atom. The first-order valence-corrected chi connectivity index (χ1v) is 5.56. The van der Waals surface area contributed by atoms with Crippen molar-refractivity contribution in [3.8, 4) is 0 Å². The average Bonchev–Trinajstić information content (AvgIpc) is 2.21. The molecule has 0 saturated heterocycles. The van der Waals surface area contributed by atoms with Crippen molar-refractivity contribution in [2.24, 2.45) is 5.73 Å². The van der Waals surface area contributed by atoms with E-state index in [2.05, 4.69) is 4.90 Å². The number of methoxy groups -OCH3 is 1. The molecule has 5 heteroatoms. The van der Waals surface area contributed by atoms with Crippen LogP contribution < -0.4 is 5.73 Å². The number of hydrogen-bond acceptors (Lipinski definition) is 4. The average molecular weight is 234 g/mol. The summed E-state index contributed by atoms with van der Waals surface area (Å²) in [6, 6.07) is 0.127. The van der Waals surface area contributed by atoms with Gasteiger partial charge < -0.3 is 15.2 Å². The summed E-state index contributed by atoms with van der Waals surface area (Å²) >= 11 is 4.91. The molecule has 0 heterocycles. The summed E-state index contributed by atoms with van der Waals surface area (Å²) in [6.45, 7) is 5.02. The third-order valence-corrected chi connectivity index (χ3v) is 2.64. The predicted octanol–water partition coefficient (Wildman–Crippen LogP) is 0.646. The third kappa shape index (κ3) is 7.67. The molecule has 0 amide bonds. The van der Waals surface area contributed by atoms with Crippen LogP contribution in [0.5, 0.6) is 0 Å². The van der Waals surface area contributed by atoms with Crippen molar-refractivity contribution >= 4 is 17.2 Å². The molecule has 0 bridgehead atoms. The number of nitrogens with zero attached hydrogens (tertiary/aromatic N) is 1. The Labute approximate surface area is 97.7 Å². The molecule has 0 rings (SSSR count). The second-order valence-electron chi connectivity index (χ2n) is 3.52. The van der Waals surface area contributed by atoms with Crippen molar-refractivity contribution in [3.05, 3.63) is 0 Å². The Morgan fingerprint density at radius 2 is 2.07 bits per heavy atom. The second kappa shape index (κ2) is 9.03. The van der Waals surface area contributed by atoms with Crippen molar-refractivity contribution in [2.75, 3.05) is 40.5 Å². The van der Waals surface area contributed by atoms with Gasteiger partial charge in [-0.1, -0.05) is 12.2 Å². The first-order valence-electron chi connectivity index (χ1n) is 5.15. The Morgan fingerprint density at radius 3 is 2.60 bits per heavy atom. The van der Waals surface area contributed by atoms with Gasteiger partial charge in [-0.05, 0) is 20.4 Å². The number of ether oxygens (including phenoxy) is 2. The van der Waals surface area contributed by atoms with Gasteiger partial charge in [-0.2, -0.15) is 0 Å². The minimum absolute atomic E-state index is 0.127. The van der Waals surface area contributed by atoms with Crippen molar-refractivity contribution in [3.63, 3.8) is 0 Å². The lowest BCUT2D eigenvalue weighted by Gasteiger charge is -2.23. The largest absolute Gasteiger partial charge is 0.392 e. The molecule has 0 aliphatic rings. The van der Waals surface area contributed by atoms with Crippen LogP contribution in [0.3, 0.4) is 0 Å². The standard InChI is InChI=1S/C10H22N2O2S/c1-9(10(11)15)12(2)5-8-14-7-4-6-13-3/h9H,4-8H2,1-3H3,(H2,11,15). The van der Waals surface area contributed by atoms with Gasteiger partial charge in [0.2, 0.25) is 0 Å². The van der Waals surface area contributed by atoms with Crippen LogP contribution in [0.1, 0.15) is 13.3 Å². The van der Waals surface area contributed by atoms with Gasteiger partial charge in [0.1, 0.15) is 0 Å². The van der Waals surface area contributed by atoms with Crippen LogP contribution in [0, 0.1) is 0 Å². The minimum Gasteiger partial charge on any atom is -0.392 e. The zero-order valence-corrected chi connectivity index (χ0v) is 10.7. The molecule has 0 aromatic heterocycles. The van der Waals surface area contributed by atoms with Gasteiger partial charge in [-0.25, -0.2) is 0 Å². The van der Waals surface area contributed by atoms with Crippen LogP contribution in [-0.4, -0.2) is 56.5 Å². The molecular weight excluding hydrogens is 212 g/mol. The highest BCUT2D eigenvalue weighted by Crippen LogP contribution is 1.95. The number of hydrogen-bond donors (Lipinski definition) is 1. The zero-order valence-electron chi connectivity index (χ0n) is 9.86. The summed E-state index contributed by atoms with van der Waals surface area (Å²) in [5.74, 6) is 0. The van der Waals surface area contributed by atoms with E-state index in [1.165, 1.54) is 0 Å². The molecule has 0 aliphatic carbocycles. The van der Waals surface area contributed by atoms with Crippen LogP contribution in [-0.2, 0) is 9.47 Å². The fraction of sp³-hybridized carbons (Fsp3) is 0.900. The van der Waals surface area contributed by atoms with E-state index in [0.29, 0.717) is 11.6 Å². The maximum absolute atomic E-state index is 5.54. The zero-order chi connectivity index (χ0) is 11.7. The van der Waals surface area contributed by atoms with E-state index in [0.717, 1.165) is 26.2 Å². The summed E-state index contributed by atoms with van der Waals surface area (Å²) in [5, 5.41) is 0. The van der Waals surface area contributed by atoms with E-state index in [1.807, 2.05) is 14.0 Å². The molecule has 1 unspecified atom stereocenters. The molecule has 0 radical (unpaired) electrons. The van der Waals surface area contributed by atoms with Crippen molar-refractivity contribution in [1.29, 1.82) is 0 Å². The number of rotatable bonds is 9. The number of thiocarbonyl (C=S) groups is 1. The summed E-state index contributed by atoms with van der Waals surface area (Å²) in [7, 11) is 3.68. The van der Waals surface area contributed by atoms with Gasteiger partial charge in [0, 0.05) is 26.9 Å². The molecular formula is C10H22N2O2S. The molecule has 2 N–H and O–H groups in total. The van der Waals surface area contributed by atoms with Crippen LogP contribution in [0.25, 0.3) is 0 Å². The molecule has 1 atom stereocenters. The first-order chi connectivity index (χ1) is 7.09. The molecule has 0 spiro atoms. The highest BCUT2D eigenvalue weighted by atomic mass is 32.1. The van der Waals surface area contributed by atoms with Gasteiger partial charge >= 0.3 is 0 Å². The monoisotopic (exact) mass is 234 g/mol. The van der Waals surface area contributed by atoms with E-state index in [-0.39, 0.29) is 6.04 Å². The van der Waals surface area contributed by atoms with Gasteiger partial charge in [-0.15, -0.1) is 0 Å². The molecule has 0 fully saturated rings. The molecule has 0 saturated carbocycles. The maximum Gasteiger partial charge on any atom is 0.0899 e. The Bertz CT molecular complexity index is 179. The van der Waals surface area contributed by atoms with Crippen molar-refractivity contribution < 1.29 is 9.47 Å². The summed E-state index contributed by atoms with van der Waals surface area (Å²) in [5.41, 5.74) is 5.54. The SMILES string of the molecule is COCCCOCCN(C)C(C)C(N)=S. The number of likely N-dealkylation sites (N-methyl/N-ethyl adjacent to an activating group) is 1. The van der Waals surface area contributed by atoms with Crippen LogP contribution in [0.2, 0.25) is 0 Å². The summed E-state index contributed by atoms with van der Waals surface area (Å²) < 4.78 is 10.3. The minimum atomic E-state index is 0.127. The predicted molar refractivity (Wildman–Crippen MR) is 66.2 cm³/mol. The second-order valence-corrected chi connectivity index (χ2v) is 3.99. The Balaban J connectivity index is 3.38. The van der Waals surface area contributed by atoms with Gasteiger partial charge in [0.15, 0.2) is 0 Å². The van der Waals surface area contributed by atoms with Crippen LogP contribution in [0.4, 0.5) is 0 Å². The number of nitrogens with two attached hydrogens (primary N) is 1. The molecule has 4 nitrogen and oxygen atoms in total. The third-order valence-electron chi connectivity index (χ3n) is 2.30. The maximum atomic E-state index is 5.54. The van der Waals surface area contributed by atoms with Crippen LogP contribution >= 0.6 is 12.2 Å². The topological polar surface area (TPSA) is 47.7 Å². The summed E-state index contributed by atoms with van der Waals surface area (Å²) in [6.07, 6.45) is 0.936. The van der Waals surface area contributed by atoms with Crippen molar-refractivity contribution in [1.82, 2.24) is 4.90 Å². The molecule has 0 aromatic rings. The molecule has 0 aliphatic heterocycles. The molecule has 90 valence electrons. The summed E-state index contributed by atoms with van der Waals surface area (Å²) in [4.78, 5) is 2.61. The van der Waals surface area contributed by atoms with E-state index >= 15 is 0 Å². The lowest BCUT2D eigenvalue weighted by atomic mass is 10.3. The van der Waals surface area contributed by atoms with E-state index in [9.17, 15) is 0 Å². The smallest absolute Gasteiger partial charge is 0.0899 e. The Hall–Kier alpha value is -0.230. The lowest BCUT2D eigenvalue weighted by molar-refractivity contribution is 0.0867. The van der Waals surface area contributed by atoms with E-state index in [4.69, 9.17) is 27.4 Å². The fourth-order valence-corrected chi connectivity index (χ4v) is 1.21. The molecule has 0 aromatic carbocycles. The highest BCUT2D eigenvalue weighted by molar-refractivity contribution is 7.80.